The topological polar surface area (TPSA) is 94.6 Å². The van der Waals surface area contributed by atoms with Gasteiger partial charge >= 0.3 is 0 Å². The Hall–Kier alpha value is -2.91. The Morgan fingerprint density at radius 2 is 1.90 bits per heavy atom. The summed E-state index contributed by atoms with van der Waals surface area (Å²) in [5, 5.41) is 5.06. The molecule has 0 unspecified atom stereocenters. The number of rotatable bonds is 7. The number of sulfone groups is 1. The Kier molecular flexibility index (Phi) is 6.19. The fourth-order valence-corrected chi connectivity index (χ4v) is 4.04. The lowest BCUT2D eigenvalue weighted by molar-refractivity contribution is 0.102. The molecule has 0 saturated carbocycles. The predicted molar refractivity (Wildman–Crippen MR) is 112 cm³/mol. The molecule has 0 aliphatic heterocycles. The molecule has 29 heavy (non-hydrogen) atoms. The summed E-state index contributed by atoms with van der Waals surface area (Å²) in [4.78, 5) is 16.9. The maximum Gasteiger partial charge on any atom is 0.257 e. The maximum absolute atomic E-state index is 12.7. The molecule has 0 fully saturated rings. The minimum atomic E-state index is -3.48. The van der Waals surface area contributed by atoms with Crippen LogP contribution in [0.2, 0.25) is 0 Å². The molecule has 1 amide bonds. The Balaban J connectivity index is 1.94. The van der Waals surface area contributed by atoms with E-state index >= 15 is 0 Å². The molecule has 1 aromatic heterocycles. The molecule has 7 nitrogen and oxygen atoms in total. The van der Waals surface area contributed by atoms with E-state index in [-0.39, 0.29) is 22.3 Å². The Bertz CT molecular complexity index is 1140. The number of hydrogen-bond acceptors (Lipinski definition) is 7. The first-order valence-corrected chi connectivity index (χ1v) is 11.5. The highest BCUT2D eigenvalue weighted by molar-refractivity contribution is 7.90. The first-order chi connectivity index (χ1) is 13.8. The van der Waals surface area contributed by atoms with Crippen molar-refractivity contribution in [3.05, 3.63) is 59.1 Å². The number of nitrogens with zero attached hydrogens (tertiary/aromatic N) is 1. The molecule has 3 aromatic rings. The molecule has 2 aromatic carbocycles. The van der Waals surface area contributed by atoms with Gasteiger partial charge in [0.2, 0.25) is 0 Å². The number of carbonyl (C=O) groups excluding carboxylic acids is 1. The number of ether oxygens (including phenoxy) is 2. The molecule has 0 bridgehead atoms. The Morgan fingerprint density at radius 1 is 1.17 bits per heavy atom. The smallest absolute Gasteiger partial charge is 0.257 e. The fourth-order valence-electron chi connectivity index (χ4n) is 2.56. The van der Waals surface area contributed by atoms with Gasteiger partial charge in [0, 0.05) is 23.3 Å². The molecule has 0 saturated heterocycles. The van der Waals surface area contributed by atoms with Gasteiger partial charge in [-0.1, -0.05) is 12.1 Å². The van der Waals surface area contributed by atoms with E-state index in [0.717, 1.165) is 11.9 Å². The fraction of sp³-hybridized carbons (Fsp3) is 0.200. The standard InChI is InChI=1S/C20H20N2O5S2/c1-4-26-15-9-14(19(23)22-20-21-13(2)12-28-20)10-16(11-15)27-17-7-5-6-8-18(17)29(3,24)25/h5-12H,4H2,1-3H3,(H,21,22,23). The predicted octanol–water partition coefficient (Wildman–Crippen LogP) is 4.30. The monoisotopic (exact) mass is 432 g/mol. The second-order valence-corrected chi connectivity index (χ2v) is 9.04. The van der Waals surface area contributed by atoms with Crippen molar-refractivity contribution >= 4 is 32.2 Å². The summed E-state index contributed by atoms with van der Waals surface area (Å²) in [5.41, 5.74) is 1.12. The first kappa shape index (κ1) is 20.8. The summed E-state index contributed by atoms with van der Waals surface area (Å²) in [6, 6.07) is 11.0. The largest absolute Gasteiger partial charge is 0.494 e. The van der Waals surface area contributed by atoms with E-state index in [9.17, 15) is 13.2 Å². The summed E-state index contributed by atoms with van der Waals surface area (Å²) in [5.74, 6) is 0.516. The highest BCUT2D eigenvalue weighted by Gasteiger charge is 2.17. The van der Waals surface area contributed by atoms with E-state index in [4.69, 9.17) is 9.47 Å². The van der Waals surface area contributed by atoms with Crippen LogP contribution in [0, 0.1) is 6.92 Å². The average molecular weight is 433 g/mol. The first-order valence-electron chi connectivity index (χ1n) is 8.74. The Labute approximate surface area is 173 Å². The van der Waals surface area contributed by atoms with Crippen molar-refractivity contribution in [2.24, 2.45) is 0 Å². The van der Waals surface area contributed by atoms with Crippen LogP contribution in [-0.2, 0) is 9.84 Å². The number of nitrogens with one attached hydrogen (secondary N) is 1. The Morgan fingerprint density at radius 3 is 2.55 bits per heavy atom. The van der Waals surface area contributed by atoms with E-state index in [1.54, 1.807) is 30.3 Å². The van der Waals surface area contributed by atoms with Gasteiger partial charge in [0.15, 0.2) is 15.0 Å². The van der Waals surface area contributed by atoms with Crippen molar-refractivity contribution < 1.29 is 22.7 Å². The summed E-state index contributed by atoms with van der Waals surface area (Å²) in [7, 11) is -3.48. The molecule has 0 radical (unpaired) electrons. The van der Waals surface area contributed by atoms with E-state index < -0.39 is 9.84 Å². The zero-order valence-corrected chi connectivity index (χ0v) is 17.8. The van der Waals surface area contributed by atoms with Crippen molar-refractivity contribution in [3.63, 3.8) is 0 Å². The number of aromatic nitrogens is 1. The molecule has 9 heteroatoms. The van der Waals surface area contributed by atoms with Gasteiger partial charge in [-0.25, -0.2) is 13.4 Å². The summed E-state index contributed by atoms with van der Waals surface area (Å²) in [6.45, 7) is 4.06. The summed E-state index contributed by atoms with van der Waals surface area (Å²) < 4.78 is 35.4. The van der Waals surface area contributed by atoms with Gasteiger partial charge in [-0.3, -0.25) is 10.1 Å². The van der Waals surface area contributed by atoms with E-state index in [2.05, 4.69) is 10.3 Å². The van der Waals surface area contributed by atoms with Crippen molar-refractivity contribution in [1.29, 1.82) is 0 Å². The third-order valence-corrected chi connectivity index (χ3v) is 5.78. The van der Waals surface area contributed by atoms with Gasteiger partial charge in [0.05, 0.1) is 12.3 Å². The number of thiazole rings is 1. The van der Waals surface area contributed by atoms with Crippen molar-refractivity contribution in [2.75, 3.05) is 18.2 Å². The number of carbonyl (C=O) groups is 1. The zero-order valence-electron chi connectivity index (χ0n) is 16.1. The van der Waals surface area contributed by atoms with E-state index in [0.29, 0.717) is 23.1 Å². The molecule has 0 aliphatic rings. The van der Waals surface area contributed by atoms with Gasteiger partial charge in [-0.15, -0.1) is 11.3 Å². The third-order valence-electron chi connectivity index (χ3n) is 3.77. The SMILES string of the molecule is CCOc1cc(Oc2ccccc2S(C)(=O)=O)cc(C(=O)Nc2nc(C)cs2)c1. The quantitative estimate of drug-likeness (QED) is 0.598. The van der Waals surface area contributed by atoms with Gasteiger partial charge in [0.1, 0.15) is 22.1 Å². The number of para-hydroxylation sites is 1. The zero-order chi connectivity index (χ0) is 21.0. The number of amides is 1. The van der Waals surface area contributed by atoms with E-state index in [1.807, 2.05) is 19.2 Å². The highest BCUT2D eigenvalue weighted by Crippen LogP contribution is 2.32. The van der Waals surface area contributed by atoms with Crippen LogP contribution >= 0.6 is 11.3 Å². The molecule has 3 rings (SSSR count). The number of aryl methyl sites for hydroxylation is 1. The lowest BCUT2D eigenvalue weighted by atomic mass is 10.2. The molecular weight excluding hydrogens is 412 g/mol. The van der Waals surface area contributed by atoms with Crippen molar-refractivity contribution in [1.82, 2.24) is 4.98 Å². The molecule has 152 valence electrons. The second kappa shape index (κ2) is 8.62. The van der Waals surface area contributed by atoms with Crippen LogP contribution in [0.5, 0.6) is 17.2 Å². The average Bonchev–Trinajstić information content (AvgIpc) is 3.06. The van der Waals surface area contributed by atoms with Crippen LogP contribution in [0.4, 0.5) is 5.13 Å². The molecule has 1 N–H and O–H groups in total. The number of hydrogen-bond donors (Lipinski definition) is 1. The lowest BCUT2D eigenvalue weighted by Gasteiger charge is -2.13. The third kappa shape index (κ3) is 5.33. The molecule has 0 spiro atoms. The number of anilines is 1. The number of benzene rings is 2. The molecular formula is C20H20N2O5S2. The normalized spacial score (nSPS) is 11.1. The summed E-state index contributed by atoms with van der Waals surface area (Å²) in [6.07, 6.45) is 1.11. The van der Waals surface area contributed by atoms with Gasteiger partial charge in [-0.05, 0) is 38.1 Å². The van der Waals surface area contributed by atoms with Crippen LogP contribution in [0.15, 0.2) is 52.7 Å². The van der Waals surface area contributed by atoms with Crippen molar-refractivity contribution in [2.45, 2.75) is 18.7 Å². The van der Waals surface area contributed by atoms with Gasteiger partial charge in [0.25, 0.3) is 5.91 Å². The molecule has 1 heterocycles. The summed E-state index contributed by atoms with van der Waals surface area (Å²) >= 11 is 1.33. The van der Waals surface area contributed by atoms with Gasteiger partial charge < -0.3 is 9.47 Å². The van der Waals surface area contributed by atoms with E-state index in [1.165, 1.54) is 23.5 Å². The molecule has 0 aliphatic carbocycles. The maximum atomic E-state index is 12.7. The van der Waals surface area contributed by atoms with Crippen molar-refractivity contribution in [3.8, 4) is 17.2 Å². The van der Waals surface area contributed by atoms with Crippen LogP contribution in [0.1, 0.15) is 23.0 Å². The van der Waals surface area contributed by atoms with Crippen LogP contribution < -0.4 is 14.8 Å². The van der Waals surface area contributed by atoms with Crippen LogP contribution in [0.3, 0.4) is 0 Å². The minimum Gasteiger partial charge on any atom is -0.494 e. The highest BCUT2D eigenvalue weighted by atomic mass is 32.2. The lowest BCUT2D eigenvalue weighted by Crippen LogP contribution is -2.12. The minimum absolute atomic E-state index is 0.0612. The van der Waals surface area contributed by atoms with Crippen LogP contribution in [0.25, 0.3) is 0 Å². The van der Waals surface area contributed by atoms with Gasteiger partial charge in [-0.2, -0.15) is 0 Å². The molecule has 0 atom stereocenters. The second-order valence-electron chi connectivity index (χ2n) is 6.20. The van der Waals surface area contributed by atoms with Crippen LogP contribution in [-0.4, -0.2) is 32.2 Å².